The van der Waals surface area contributed by atoms with E-state index in [1.54, 1.807) is 0 Å². The second kappa shape index (κ2) is 8.38. The summed E-state index contributed by atoms with van der Waals surface area (Å²) in [4.78, 5) is 23.6. The van der Waals surface area contributed by atoms with Crippen LogP contribution in [-0.2, 0) is 17.8 Å². The number of fused-ring (bicyclic) bond motifs is 1. The number of nitrogens with zero attached hydrogens (tertiary/aromatic N) is 5. The highest BCUT2D eigenvalue weighted by Gasteiger charge is 2.29. The number of aryl methyl sites for hydroxylation is 2. The third kappa shape index (κ3) is 4.32. The minimum absolute atomic E-state index is 0.139. The molecule has 7 nitrogen and oxygen atoms in total. The van der Waals surface area contributed by atoms with E-state index in [-0.39, 0.29) is 5.91 Å². The van der Waals surface area contributed by atoms with E-state index >= 15 is 0 Å². The van der Waals surface area contributed by atoms with Crippen LogP contribution in [0.1, 0.15) is 66.4 Å². The van der Waals surface area contributed by atoms with Crippen molar-refractivity contribution >= 4 is 11.6 Å². The van der Waals surface area contributed by atoms with Crippen LogP contribution >= 0.6 is 0 Å². The summed E-state index contributed by atoms with van der Waals surface area (Å²) in [6, 6.07) is 7.02. The zero-order valence-corrected chi connectivity index (χ0v) is 18.3. The standard InChI is InChI=1S/C24H30N6O/c1-16-20(7-8-24(31)27-19-5-6-19)17(2)30-23(26-16)14-21(28-30)22-4-3-13-29(22)15-18-9-11-25-12-10-18/h9-12,14,19,22H,3-8,13,15H2,1-2H3,(H,27,31). The average molecular weight is 419 g/mol. The predicted molar refractivity (Wildman–Crippen MR) is 119 cm³/mol. The van der Waals surface area contributed by atoms with Crippen molar-refractivity contribution in [1.29, 1.82) is 0 Å². The normalized spacial score (nSPS) is 19.2. The molecule has 1 saturated heterocycles. The van der Waals surface area contributed by atoms with E-state index in [1.807, 2.05) is 23.8 Å². The van der Waals surface area contributed by atoms with Gasteiger partial charge in [-0.15, -0.1) is 0 Å². The van der Waals surface area contributed by atoms with Crippen LogP contribution in [0.15, 0.2) is 30.6 Å². The van der Waals surface area contributed by atoms with E-state index in [4.69, 9.17) is 10.1 Å². The summed E-state index contributed by atoms with van der Waals surface area (Å²) < 4.78 is 1.97. The monoisotopic (exact) mass is 418 g/mol. The highest BCUT2D eigenvalue weighted by Crippen LogP contribution is 2.33. The smallest absolute Gasteiger partial charge is 0.220 e. The van der Waals surface area contributed by atoms with Gasteiger partial charge in [-0.2, -0.15) is 5.10 Å². The molecule has 2 aliphatic rings. The second-order valence-corrected chi connectivity index (χ2v) is 8.93. The van der Waals surface area contributed by atoms with Gasteiger partial charge in [0.1, 0.15) is 0 Å². The molecule has 1 unspecified atom stereocenters. The lowest BCUT2D eigenvalue weighted by Crippen LogP contribution is -2.25. The van der Waals surface area contributed by atoms with Gasteiger partial charge in [-0.1, -0.05) is 0 Å². The van der Waals surface area contributed by atoms with Gasteiger partial charge < -0.3 is 5.32 Å². The number of nitrogens with one attached hydrogen (secondary N) is 1. The first-order valence-electron chi connectivity index (χ1n) is 11.4. The van der Waals surface area contributed by atoms with Crippen LogP contribution < -0.4 is 5.32 Å². The van der Waals surface area contributed by atoms with E-state index in [2.05, 4.69) is 40.3 Å². The van der Waals surface area contributed by atoms with E-state index in [9.17, 15) is 4.79 Å². The summed E-state index contributed by atoms with van der Waals surface area (Å²) in [6.07, 6.45) is 9.44. The van der Waals surface area contributed by atoms with Gasteiger partial charge in [0.25, 0.3) is 0 Å². The van der Waals surface area contributed by atoms with Gasteiger partial charge in [0.2, 0.25) is 5.91 Å². The zero-order chi connectivity index (χ0) is 21.4. The van der Waals surface area contributed by atoms with Crippen LogP contribution in [0, 0.1) is 13.8 Å². The summed E-state index contributed by atoms with van der Waals surface area (Å²) in [6.45, 7) is 6.12. The van der Waals surface area contributed by atoms with Crippen LogP contribution in [0.2, 0.25) is 0 Å². The summed E-state index contributed by atoms with van der Waals surface area (Å²) in [5.41, 5.74) is 6.48. The maximum Gasteiger partial charge on any atom is 0.220 e. The first kappa shape index (κ1) is 20.1. The molecule has 3 aromatic rings. The van der Waals surface area contributed by atoms with Crippen molar-refractivity contribution in [2.45, 2.75) is 71.0 Å². The quantitative estimate of drug-likeness (QED) is 0.637. The molecule has 0 bridgehead atoms. The van der Waals surface area contributed by atoms with Crippen LogP contribution in [0.5, 0.6) is 0 Å². The third-order valence-electron chi connectivity index (χ3n) is 6.57. The molecule has 4 heterocycles. The number of hydrogen-bond donors (Lipinski definition) is 1. The molecule has 1 aliphatic heterocycles. The molecule has 2 fully saturated rings. The Bertz CT molecular complexity index is 1090. The molecule has 1 aliphatic carbocycles. The first-order valence-corrected chi connectivity index (χ1v) is 11.4. The molecular formula is C24H30N6O. The summed E-state index contributed by atoms with van der Waals surface area (Å²) in [5, 5.41) is 8.05. The molecule has 162 valence electrons. The van der Waals surface area contributed by atoms with Crippen LogP contribution in [0.3, 0.4) is 0 Å². The number of carbonyl (C=O) groups excluding carboxylic acids is 1. The van der Waals surface area contributed by atoms with Crippen molar-refractivity contribution in [3.63, 3.8) is 0 Å². The van der Waals surface area contributed by atoms with Crippen molar-refractivity contribution < 1.29 is 4.79 Å². The minimum atomic E-state index is 0.139. The number of carbonyl (C=O) groups is 1. The molecule has 31 heavy (non-hydrogen) atoms. The van der Waals surface area contributed by atoms with Crippen molar-refractivity contribution in [3.8, 4) is 0 Å². The van der Waals surface area contributed by atoms with Crippen molar-refractivity contribution in [2.75, 3.05) is 6.54 Å². The highest BCUT2D eigenvalue weighted by molar-refractivity contribution is 5.76. The Kier molecular flexibility index (Phi) is 5.44. The van der Waals surface area contributed by atoms with E-state index in [0.717, 1.165) is 60.6 Å². The molecule has 3 aromatic heterocycles. The van der Waals surface area contributed by atoms with Crippen molar-refractivity contribution in [1.82, 2.24) is 29.8 Å². The van der Waals surface area contributed by atoms with Gasteiger partial charge in [0.05, 0.1) is 11.7 Å². The maximum atomic E-state index is 12.2. The van der Waals surface area contributed by atoms with E-state index in [0.29, 0.717) is 24.9 Å². The summed E-state index contributed by atoms with van der Waals surface area (Å²) >= 11 is 0. The number of aromatic nitrogens is 4. The topological polar surface area (TPSA) is 75.4 Å². The minimum Gasteiger partial charge on any atom is -0.353 e. The van der Waals surface area contributed by atoms with Gasteiger partial charge >= 0.3 is 0 Å². The Hall–Kier alpha value is -2.80. The number of hydrogen-bond acceptors (Lipinski definition) is 5. The molecule has 7 heteroatoms. The van der Waals surface area contributed by atoms with Gasteiger partial charge in [-0.25, -0.2) is 9.50 Å². The lowest BCUT2D eigenvalue weighted by molar-refractivity contribution is -0.121. The molecule has 5 rings (SSSR count). The fourth-order valence-corrected chi connectivity index (χ4v) is 4.71. The van der Waals surface area contributed by atoms with Gasteiger partial charge in [0, 0.05) is 48.9 Å². The van der Waals surface area contributed by atoms with E-state index < -0.39 is 0 Å². The highest BCUT2D eigenvalue weighted by atomic mass is 16.1. The summed E-state index contributed by atoms with van der Waals surface area (Å²) in [7, 11) is 0. The maximum absolute atomic E-state index is 12.2. The molecule has 1 amide bonds. The van der Waals surface area contributed by atoms with Gasteiger partial charge in [-0.3, -0.25) is 14.7 Å². The Morgan fingerprint density at radius 2 is 2.00 bits per heavy atom. The van der Waals surface area contributed by atoms with Crippen LogP contribution in [0.25, 0.3) is 5.65 Å². The molecule has 1 atom stereocenters. The Labute approximate surface area is 182 Å². The summed E-state index contributed by atoms with van der Waals surface area (Å²) in [5.74, 6) is 0.139. The Morgan fingerprint density at radius 1 is 1.19 bits per heavy atom. The molecule has 1 saturated carbocycles. The number of pyridine rings is 1. The molecule has 0 aromatic carbocycles. The van der Waals surface area contributed by atoms with E-state index in [1.165, 1.54) is 12.0 Å². The second-order valence-electron chi connectivity index (χ2n) is 8.93. The average Bonchev–Trinajstić information content (AvgIpc) is 3.28. The molecule has 1 N–H and O–H groups in total. The van der Waals surface area contributed by atoms with Crippen molar-refractivity contribution in [3.05, 3.63) is 58.8 Å². The molecule has 0 radical (unpaired) electrons. The Morgan fingerprint density at radius 3 is 2.77 bits per heavy atom. The van der Waals surface area contributed by atoms with Crippen LogP contribution in [-0.4, -0.2) is 43.0 Å². The van der Waals surface area contributed by atoms with Gasteiger partial charge in [0.15, 0.2) is 5.65 Å². The first-order chi connectivity index (χ1) is 15.1. The third-order valence-corrected chi connectivity index (χ3v) is 6.57. The molecular weight excluding hydrogens is 388 g/mol. The predicted octanol–water partition coefficient (Wildman–Crippen LogP) is 3.29. The fourth-order valence-electron chi connectivity index (χ4n) is 4.71. The SMILES string of the molecule is Cc1nc2cc(C3CCCN3Cc3ccncc3)nn2c(C)c1CCC(=O)NC1CC1. The van der Waals surface area contributed by atoms with Crippen molar-refractivity contribution in [2.24, 2.45) is 0 Å². The largest absolute Gasteiger partial charge is 0.353 e. The number of amides is 1. The Balaban J connectivity index is 1.36. The number of rotatable bonds is 7. The zero-order valence-electron chi connectivity index (χ0n) is 18.3. The number of likely N-dealkylation sites (tertiary alicyclic amines) is 1. The fraction of sp³-hybridized carbons (Fsp3) is 0.500. The lowest BCUT2D eigenvalue weighted by Gasteiger charge is -2.22. The molecule has 0 spiro atoms. The van der Waals surface area contributed by atoms with Gasteiger partial charge in [-0.05, 0) is 75.8 Å². The van der Waals surface area contributed by atoms with Crippen LogP contribution in [0.4, 0.5) is 0 Å². The lowest BCUT2D eigenvalue weighted by atomic mass is 10.1.